The van der Waals surface area contributed by atoms with E-state index >= 15 is 0 Å². The lowest BCUT2D eigenvalue weighted by molar-refractivity contribution is -0.152. The van der Waals surface area contributed by atoms with E-state index in [0.717, 1.165) is 22.1 Å². The highest BCUT2D eigenvalue weighted by atomic mass is 16.5. The minimum absolute atomic E-state index is 0.00364. The number of ether oxygens (including phenoxy) is 1. The van der Waals surface area contributed by atoms with Crippen LogP contribution in [0.25, 0.3) is 22.0 Å². The van der Waals surface area contributed by atoms with Crippen molar-refractivity contribution in [1.82, 2.24) is 9.97 Å². The Labute approximate surface area is 171 Å². The van der Waals surface area contributed by atoms with Crippen LogP contribution in [-0.4, -0.2) is 27.9 Å². The molecule has 2 aromatic heterocycles. The fourth-order valence-electron chi connectivity index (χ4n) is 3.33. The van der Waals surface area contributed by atoms with E-state index in [-0.39, 0.29) is 12.1 Å². The van der Waals surface area contributed by atoms with Crippen molar-refractivity contribution in [1.29, 1.82) is 0 Å². The first kappa shape index (κ1) is 19.5. The van der Waals surface area contributed by atoms with Gasteiger partial charge in [0, 0.05) is 16.6 Å². The van der Waals surface area contributed by atoms with E-state index in [0.29, 0.717) is 22.3 Å². The second-order valence-electron chi connectivity index (χ2n) is 7.28. The van der Waals surface area contributed by atoms with Gasteiger partial charge in [0.1, 0.15) is 5.58 Å². The number of furan rings is 1. The Morgan fingerprint density at radius 3 is 2.70 bits per heavy atom. The van der Waals surface area contributed by atoms with Crippen molar-refractivity contribution in [3.05, 3.63) is 63.8 Å². The number of aryl methyl sites for hydroxylation is 2. The number of imidazole rings is 1. The predicted octanol–water partition coefficient (Wildman–Crippen LogP) is 3.33. The fraction of sp³-hybridized carbons (Fsp3) is 0.227. The monoisotopic (exact) mass is 407 g/mol. The summed E-state index contributed by atoms with van der Waals surface area (Å²) in [6, 6.07) is 8.85. The number of hydrogen-bond donors (Lipinski definition) is 3. The Hall–Kier alpha value is -3.81. The normalized spacial score (nSPS) is 12.2. The number of fused-ring (bicyclic) bond motifs is 2. The third kappa shape index (κ3) is 3.71. The highest BCUT2D eigenvalue weighted by Gasteiger charge is 2.20. The van der Waals surface area contributed by atoms with E-state index in [9.17, 15) is 14.4 Å². The van der Waals surface area contributed by atoms with Crippen LogP contribution in [0.4, 0.5) is 5.69 Å². The van der Waals surface area contributed by atoms with E-state index < -0.39 is 18.0 Å². The number of esters is 1. The molecule has 8 nitrogen and oxygen atoms in total. The van der Waals surface area contributed by atoms with Gasteiger partial charge in [-0.05, 0) is 50.1 Å². The van der Waals surface area contributed by atoms with E-state index in [1.54, 1.807) is 24.5 Å². The van der Waals surface area contributed by atoms with Crippen LogP contribution in [0.5, 0.6) is 0 Å². The molecule has 8 heteroatoms. The first-order valence-electron chi connectivity index (χ1n) is 9.50. The maximum Gasteiger partial charge on any atom is 0.323 e. The first-order chi connectivity index (χ1) is 14.3. The number of amides is 1. The number of benzene rings is 2. The van der Waals surface area contributed by atoms with Crippen LogP contribution in [0, 0.1) is 13.8 Å². The summed E-state index contributed by atoms with van der Waals surface area (Å²) < 4.78 is 10.9. The van der Waals surface area contributed by atoms with Gasteiger partial charge in [-0.15, -0.1) is 0 Å². The van der Waals surface area contributed by atoms with Crippen LogP contribution in [0.2, 0.25) is 0 Å². The maximum atomic E-state index is 12.4. The summed E-state index contributed by atoms with van der Waals surface area (Å²) in [5, 5.41) is 3.54. The lowest BCUT2D eigenvalue weighted by Gasteiger charge is -2.13. The van der Waals surface area contributed by atoms with Crippen molar-refractivity contribution in [2.24, 2.45) is 0 Å². The molecule has 2 aromatic carbocycles. The molecule has 0 saturated carbocycles. The molecule has 0 fully saturated rings. The van der Waals surface area contributed by atoms with Gasteiger partial charge in [-0.2, -0.15) is 0 Å². The number of rotatable bonds is 5. The molecule has 154 valence electrons. The average Bonchev–Trinajstić information content (AvgIpc) is 3.27. The van der Waals surface area contributed by atoms with Gasteiger partial charge in [-0.3, -0.25) is 9.59 Å². The van der Waals surface area contributed by atoms with Crippen molar-refractivity contribution >= 4 is 39.6 Å². The van der Waals surface area contributed by atoms with E-state index in [2.05, 4.69) is 15.3 Å². The topological polar surface area (TPSA) is 117 Å². The first-order valence-corrected chi connectivity index (χ1v) is 9.50. The molecule has 0 unspecified atom stereocenters. The molecule has 0 aliphatic heterocycles. The third-order valence-corrected chi connectivity index (χ3v) is 5.14. The minimum atomic E-state index is -0.986. The molecule has 1 amide bonds. The Morgan fingerprint density at radius 1 is 1.13 bits per heavy atom. The summed E-state index contributed by atoms with van der Waals surface area (Å²) in [5.74, 6) is -0.993. The molecule has 0 spiro atoms. The Balaban J connectivity index is 1.40. The molecule has 0 aliphatic carbocycles. The summed E-state index contributed by atoms with van der Waals surface area (Å²) in [5.41, 5.74) is 4.97. The molecule has 2 heterocycles. The lowest BCUT2D eigenvalue weighted by atomic mass is 10.0. The van der Waals surface area contributed by atoms with Crippen LogP contribution in [-0.2, 0) is 20.7 Å². The summed E-state index contributed by atoms with van der Waals surface area (Å²) >= 11 is 0. The number of anilines is 1. The molecule has 0 aliphatic rings. The van der Waals surface area contributed by atoms with Gasteiger partial charge in [0.2, 0.25) is 0 Å². The third-order valence-electron chi connectivity index (χ3n) is 5.14. The van der Waals surface area contributed by atoms with Crippen molar-refractivity contribution in [3.8, 4) is 0 Å². The average molecular weight is 407 g/mol. The standard InChI is InChI=1S/C22H21N3O5/c1-11-4-6-16-14(10-29-20(16)12(11)2)8-19(26)30-13(3)21(27)23-15-5-7-17-18(9-15)25-22(28)24-17/h4-7,9-10,13H,8H2,1-3H3,(H,23,27)(H2,24,25,28)/t13-/m0/s1. The lowest BCUT2D eigenvalue weighted by Crippen LogP contribution is -2.30. The molecular formula is C22H21N3O5. The number of aromatic nitrogens is 2. The summed E-state index contributed by atoms with van der Waals surface area (Å²) in [6.07, 6.45) is 0.570. The molecule has 3 N–H and O–H groups in total. The number of nitrogens with one attached hydrogen (secondary N) is 3. The zero-order chi connectivity index (χ0) is 21.4. The van der Waals surface area contributed by atoms with Crippen molar-refractivity contribution in [3.63, 3.8) is 0 Å². The fourth-order valence-corrected chi connectivity index (χ4v) is 3.33. The second-order valence-corrected chi connectivity index (χ2v) is 7.28. The minimum Gasteiger partial charge on any atom is -0.464 e. The zero-order valence-electron chi connectivity index (χ0n) is 16.8. The number of hydrogen-bond acceptors (Lipinski definition) is 5. The Kier molecular flexibility index (Phi) is 4.91. The SMILES string of the molecule is Cc1ccc2c(CC(=O)O[C@@H](C)C(=O)Nc3ccc4[nH]c(=O)[nH]c4c3)coc2c1C. The predicted molar refractivity (Wildman–Crippen MR) is 112 cm³/mol. The van der Waals surface area contributed by atoms with Crippen molar-refractivity contribution < 1.29 is 18.7 Å². The highest BCUT2D eigenvalue weighted by molar-refractivity contribution is 5.97. The smallest absolute Gasteiger partial charge is 0.323 e. The molecule has 1 atom stereocenters. The molecule has 0 radical (unpaired) electrons. The zero-order valence-corrected chi connectivity index (χ0v) is 16.8. The molecule has 0 saturated heterocycles. The van der Waals surface area contributed by atoms with E-state index in [1.807, 2.05) is 26.0 Å². The van der Waals surface area contributed by atoms with E-state index in [1.165, 1.54) is 6.92 Å². The van der Waals surface area contributed by atoms with Crippen molar-refractivity contribution in [2.45, 2.75) is 33.3 Å². The van der Waals surface area contributed by atoms with Gasteiger partial charge >= 0.3 is 11.7 Å². The van der Waals surface area contributed by atoms with E-state index in [4.69, 9.17) is 9.15 Å². The van der Waals surface area contributed by atoms with Crippen LogP contribution in [0.1, 0.15) is 23.6 Å². The quantitative estimate of drug-likeness (QED) is 0.439. The van der Waals surface area contributed by atoms with Gasteiger partial charge < -0.3 is 24.4 Å². The number of H-pyrrole nitrogens is 2. The van der Waals surface area contributed by atoms with Crippen LogP contribution >= 0.6 is 0 Å². The van der Waals surface area contributed by atoms with Gasteiger partial charge in [-0.25, -0.2) is 4.79 Å². The maximum absolute atomic E-state index is 12.4. The molecule has 0 bridgehead atoms. The molecular weight excluding hydrogens is 386 g/mol. The van der Waals surface area contributed by atoms with Crippen molar-refractivity contribution in [2.75, 3.05) is 5.32 Å². The van der Waals surface area contributed by atoms with Crippen LogP contribution in [0.15, 0.2) is 45.8 Å². The second kappa shape index (κ2) is 7.55. The molecule has 30 heavy (non-hydrogen) atoms. The number of carbonyl (C=O) groups is 2. The van der Waals surface area contributed by atoms with Gasteiger partial charge in [0.05, 0.1) is 23.7 Å². The Bertz CT molecular complexity index is 1330. The van der Waals surface area contributed by atoms with Crippen LogP contribution in [0.3, 0.4) is 0 Å². The number of aromatic amines is 2. The van der Waals surface area contributed by atoms with Gasteiger partial charge in [-0.1, -0.05) is 12.1 Å². The van der Waals surface area contributed by atoms with Gasteiger partial charge in [0.25, 0.3) is 5.91 Å². The summed E-state index contributed by atoms with van der Waals surface area (Å²) in [4.78, 5) is 41.3. The van der Waals surface area contributed by atoms with Crippen LogP contribution < -0.4 is 11.0 Å². The number of carbonyl (C=O) groups excluding carboxylic acids is 2. The van der Waals surface area contributed by atoms with Gasteiger partial charge in [0.15, 0.2) is 6.10 Å². The summed E-state index contributed by atoms with van der Waals surface area (Å²) in [6.45, 7) is 5.47. The molecule has 4 aromatic rings. The molecule has 4 rings (SSSR count). The summed E-state index contributed by atoms with van der Waals surface area (Å²) in [7, 11) is 0. The largest absolute Gasteiger partial charge is 0.464 e. The highest BCUT2D eigenvalue weighted by Crippen LogP contribution is 2.27. The Morgan fingerprint density at radius 2 is 1.90 bits per heavy atom.